The summed E-state index contributed by atoms with van der Waals surface area (Å²) in [6.45, 7) is 2.79. The Morgan fingerprint density at radius 1 is 1.25 bits per heavy atom. The van der Waals surface area contributed by atoms with Gasteiger partial charge in [0.1, 0.15) is 0 Å². The second-order valence-electron chi connectivity index (χ2n) is 6.77. The lowest BCUT2D eigenvalue weighted by Crippen LogP contribution is -2.35. The van der Waals surface area contributed by atoms with Crippen molar-refractivity contribution in [2.45, 2.75) is 57.1 Å². The van der Waals surface area contributed by atoms with Crippen LogP contribution in [0.4, 0.5) is 11.4 Å². The fourth-order valence-corrected chi connectivity index (χ4v) is 4.61. The smallest absolute Gasteiger partial charge is 0.234 e. The summed E-state index contributed by atoms with van der Waals surface area (Å²) in [6, 6.07) is 5.85. The minimum Gasteiger partial charge on any atom is -0.325 e. The average Bonchev–Trinajstić information content (AvgIpc) is 3.09. The number of thioether (sulfide) groups is 1. The number of aryl methyl sites for hydroxylation is 1. The molecule has 2 aliphatic rings. The number of benzene rings is 1. The van der Waals surface area contributed by atoms with E-state index >= 15 is 0 Å². The number of rotatable bonds is 5. The van der Waals surface area contributed by atoms with Gasteiger partial charge in [0.25, 0.3) is 0 Å². The molecular weight excluding hydrogens is 320 g/mol. The van der Waals surface area contributed by atoms with Crippen LogP contribution in [0, 0.1) is 6.92 Å². The third kappa shape index (κ3) is 4.32. The first-order valence-corrected chi connectivity index (χ1v) is 10.0. The van der Waals surface area contributed by atoms with E-state index in [-0.39, 0.29) is 11.8 Å². The van der Waals surface area contributed by atoms with E-state index in [0.29, 0.717) is 17.4 Å². The van der Waals surface area contributed by atoms with Crippen molar-refractivity contribution in [2.75, 3.05) is 22.5 Å². The van der Waals surface area contributed by atoms with E-state index in [0.717, 1.165) is 36.3 Å². The van der Waals surface area contributed by atoms with E-state index in [1.54, 1.807) is 11.8 Å². The molecule has 1 N–H and O–H groups in total. The molecule has 1 heterocycles. The summed E-state index contributed by atoms with van der Waals surface area (Å²) in [6.07, 6.45) is 7.71. The van der Waals surface area contributed by atoms with Crippen LogP contribution in [0.1, 0.15) is 50.5 Å². The SMILES string of the molecule is Cc1ccc(NC(=O)CSC2CCCC2)cc1N1CCCCC1=O. The maximum Gasteiger partial charge on any atom is 0.234 e. The highest BCUT2D eigenvalue weighted by Crippen LogP contribution is 2.30. The second-order valence-corrected chi connectivity index (χ2v) is 8.06. The van der Waals surface area contributed by atoms with Crippen LogP contribution in [0.25, 0.3) is 0 Å². The maximum absolute atomic E-state index is 12.2. The van der Waals surface area contributed by atoms with Crippen molar-refractivity contribution in [3.63, 3.8) is 0 Å². The molecule has 1 aliphatic carbocycles. The lowest BCUT2D eigenvalue weighted by Gasteiger charge is -2.28. The summed E-state index contributed by atoms with van der Waals surface area (Å²) in [5, 5.41) is 3.64. The molecule has 3 rings (SSSR count). The van der Waals surface area contributed by atoms with Gasteiger partial charge in [-0.1, -0.05) is 18.9 Å². The van der Waals surface area contributed by atoms with Crippen LogP contribution in [-0.4, -0.2) is 29.4 Å². The summed E-state index contributed by atoms with van der Waals surface area (Å²) in [4.78, 5) is 26.2. The standard InChI is InChI=1S/C19H26N2O2S/c1-14-9-10-15(12-17(14)21-11-5-4-8-19(21)23)20-18(22)13-24-16-6-2-3-7-16/h9-10,12,16H,2-8,11,13H2,1H3,(H,20,22). The Hall–Kier alpha value is -1.49. The fourth-order valence-electron chi connectivity index (χ4n) is 3.48. The molecule has 0 bridgehead atoms. The number of anilines is 2. The molecule has 2 fully saturated rings. The van der Waals surface area contributed by atoms with Crippen molar-refractivity contribution in [1.29, 1.82) is 0 Å². The van der Waals surface area contributed by atoms with Crippen molar-refractivity contribution in [1.82, 2.24) is 0 Å². The molecule has 1 aliphatic heterocycles. The molecule has 0 aromatic heterocycles. The molecule has 1 aromatic rings. The Morgan fingerprint density at radius 3 is 2.79 bits per heavy atom. The van der Waals surface area contributed by atoms with Crippen molar-refractivity contribution >= 4 is 35.0 Å². The number of nitrogens with one attached hydrogen (secondary N) is 1. The monoisotopic (exact) mass is 346 g/mol. The number of hydrogen-bond donors (Lipinski definition) is 1. The molecule has 0 spiro atoms. The fraction of sp³-hybridized carbons (Fsp3) is 0.579. The van der Waals surface area contributed by atoms with Crippen LogP contribution in [0.3, 0.4) is 0 Å². The molecule has 4 nitrogen and oxygen atoms in total. The van der Waals surface area contributed by atoms with Crippen LogP contribution in [0.2, 0.25) is 0 Å². The predicted octanol–water partition coefficient (Wildman–Crippen LogP) is 4.13. The molecule has 1 aromatic carbocycles. The number of hydrogen-bond acceptors (Lipinski definition) is 3. The van der Waals surface area contributed by atoms with Gasteiger partial charge in [0.2, 0.25) is 11.8 Å². The van der Waals surface area contributed by atoms with Gasteiger partial charge in [-0.25, -0.2) is 0 Å². The summed E-state index contributed by atoms with van der Waals surface area (Å²) in [7, 11) is 0. The lowest BCUT2D eigenvalue weighted by atomic mass is 10.1. The number of piperidine rings is 1. The van der Waals surface area contributed by atoms with E-state index in [9.17, 15) is 9.59 Å². The Morgan fingerprint density at radius 2 is 2.04 bits per heavy atom. The minimum atomic E-state index is 0.0478. The van der Waals surface area contributed by atoms with Gasteiger partial charge in [-0.2, -0.15) is 0 Å². The van der Waals surface area contributed by atoms with E-state index in [1.165, 1.54) is 25.7 Å². The summed E-state index contributed by atoms with van der Waals surface area (Å²) < 4.78 is 0. The quantitative estimate of drug-likeness (QED) is 0.872. The first-order chi connectivity index (χ1) is 11.6. The molecule has 24 heavy (non-hydrogen) atoms. The van der Waals surface area contributed by atoms with E-state index in [1.807, 2.05) is 30.0 Å². The molecule has 0 unspecified atom stereocenters. The number of carbonyl (C=O) groups excluding carboxylic acids is 2. The zero-order chi connectivity index (χ0) is 16.9. The summed E-state index contributed by atoms with van der Waals surface area (Å²) in [5.74, 6) is 0.743. The van der Waals surface area contributed by atoms with Gasteiger partial charge in [0.05, 0.1) is 5.75 Å². The Labute approximate surface area is 148 Å². The number of nitrogens with zero attached hydrogens (tertiary/aromatic N) is 1. The number of carbonyl (C=O) groups is 2. The molecule has 1 saturated heterocycles. The first kappa shape index (κ1) is 17.3. The first-order valence-electron chi connectivity index (χ1n) is 8.96. The van der Waals surface area contributed by atoms with Crippen molar-refractivity contribution in [3.8, 4) is 0 Å². The third-order valence-electron chi connectivity index (χ3n) is 4.86. The summed E-state index contributed by atoms with van der Waals surface area (Å²) in [5.41, 5.74) is 2.79. The zero-order valence-electron chi connectivity index (χ0n) is 14.3. The van der Waals surface area contributed by atoms with Crippen LogP contribution >= 0.6 is 11.8 Å². The normalized spacial score (nSPS) is 18.9. The molecule has 2 amide bonds. The van der Waals surface area contributed by atoms with Gasteiger partial charge in [0.15, 0.2) is 0 Å². The summed E-state index contributed by atoms with van der Waals surface area (Å²) >= 11 is 1.77. The highest BCUT2D eigenvalue weighted by atomic mass is 32.2. The largest absolute Gasteiger partial charge is 0.325 e. The predicted molar refractivity (Wildman–Crippen MR) is 101 cm³/mol. The van der Waals surface area contributed by atoms with Crippen LogP contribution in [-0.2, 0) is 9.59 Å². The zero-order valence-corrected chi connectivity index (χ0v) is 15.2. The van der Waals surface area contributed by atoms with Gasteiger partial charge in [0, 0.05) is 29.6 Å². The van der Waals surface area contributed by atoms with E-state index in [4.69, 9.17) is 0 Å². The van der Waals surface area contributed by atoms with E-state index < -0.39 is 0 Å². The second kappa shape index (κ2) is 8.06. The van der Waals surface area contributed by atoms with Crippen LogP contribution < -0.4 is 10.2 Å². The Bertz CT molecular complexity index is 611. The molecule has 1 saturated carbocycles. The van der Waals surface area contributed by atoms with Crippen LogP contribution in [0.5, 0.6) is 0 Å². The topological polar surface area (TPSA) is 49.4 Å². The van der Waals surface area contributed by atoms with Crippen LogP contribution in [0.15, 0.2) is 18.2 Å². The third-order valence-corrected chi connectivity index (χ3v) is 6.23. The van der Waals surface area contributed by atoms with Crippen molar-refractivity contribution < 1.29 is 9.59 Å². The maximum atomic E-state index is 12.2. The Balaban J connectivity index is 1.62. The average molecular weight is 346 g/mol. The van der Waals surface area contributed by atoms with E-state index in [2.05, 4.69) is 5.32 Å². The highest BCUT2D eigenvalue weighted by molar-refractivity contribution is 8.00. The molecule has 0 radical (unpaired) electrons. The van der Waals surface area contributed by atoms with Gasteiger partial charge < -0.3 is 10.2 Å². The van der Waals surface area contributed by atoms with Crippen molar-refractivity contribution in [2.24, 2.45) is 0 Å². The van der Waals surface area contributed by atoms with Gasteiger partial charge in [-0.15, -0.1) is 11.8 Å². The molecule has 5 heteroatoms. The Kier molecular flexibility index (Phi) is 5.82. The lowest BCUT2D eigenvalue weighted by molar-refractivity contribution is -0.119. The van der Waals surface area contributed by atoms with Gasteiger partial charge in [-0.05, 0) is 50.3 Å². The molecule has 0 atom stereocenters. The minimum absolute atomic E-state index is 0.0478. The van der Waals surface area contributed by atoms with Gasteiger partial charge in [-0.3, -0.25) is 9.59 Å². The molecule has 130 valence electrons. The van der Waals surface area contributed by atoms with Gasteiger partial charge >= 0.3 is 0 Å². The van der Waals surface area contributed by atoms with Crippen molar-refractivity contribution in [3.05, 3.63) is 23.8 Å². The molecular formula is C19H26N2O2S. The highest BCUT2D eigenvalue weighted by Gasteiger charge is 2.21. The number of amides is 2.